The van der Waals surface area contributed by atoms with Crippen LogP contribution < -0.4 is 15.6 Å². The van der Waals surface area contributed by atoms with Gasteiger partial charge in [-0.05, 0) is 43.7 Å². The Kier molecular flexibility index (Phi) is 6.82. The molecule has 0 aliphatic carbocycles. The van der Waals surface area contributed by atoms with Gasteiger partial charge in [-0.3, -0.25) is 14.2 Å². The standard InChI is InChI=1S/C21H22ClN3O3S/c1-4-18(19(26)23-13-10-11-17(28-3)15(22)12-13)29-21-24-16-9-7-6-8-14(16)20(27)25(21)5-2/h6-12,18H,4-5H2,1-3H3,(H,23,26). The Morgan fingerprint density at radius 1 is 1.28 bits per heavy atom. The summed E-state index contributed by atoms with van der Waals surface area (Å²) in [5.41, 5.74) is 1.11. The number of fused-ring (bicyclic) bond motifs is 1. The molecule has 1 unspecified atom stereocenters. The van der Waals surface area contributed by atoms with E-state index >= 15 is 0 Å². The van der Waals surface area contributed by atoms with Crippen LogP contribution in [0.3, 0.4) is 0 Å². The molecule has 0 spiro atoms. The number of para-hydroxylation sites is 1. The molecule has 0 bridgehead atoms. The summed E-state index contributed by atoms with van der Waals surface area (Å²) in [6.07, 6.45) is 0.576. The molecule has 0 saturated heterocycles. The van der Waals surface area contributed by atoms with Crippen LogP contribution in [0.25, 0.3) is 10.9 Å². The summed E-state index contributed by atoms with van der Waals surface area (Å²) in [6, 6.07) is 12.3. The number of nitrogens with zero attached hydrogens (tertiary/aromatic N) is 2. The third-order valence-corrected chi connectivity index (χ3v) is 6.12. The Hall–Kier alpha value is -2.51. The van der Waals surface area contributed by atoms with E-state index in [1.807, 2.05) is 26.0 Å². The maximum absolute atomic E-state index is 12.8. The molecule has 1 aromatic heterocycles. The van der Waals surface area contributed by atoms with E-state index < -0.39 is 5.25 Å². The molecule has 3 aromatic rings. The van der Waals surface area contributed by atoms with Gasteiger partial charge in [0.25, 0.3) is 5.56 Å². The molecule has 1 N–H and O–H groups in total. The number of methoxy groups -OCH3 is 1. The molecule has 0 radical (unpaired) electrons. The Bertz CT molecular complexity index is 1100. The van der Waals surface area contributed by atoms with E-state index in [9.17, 15) is 9.59 Å². The SMILES string of the molecule is CCC(Sc1nc2ccccc2c(=O)n1CC)C(=O)Nc1ccc(OC)c(Cl)c1. The number of carbonyl (C=O) groups excluding carboxylic acids is 1. The third kappa shape index (κ3) is 4.57. The molecule has 0 aliphatic heterocycles. The number of carbonyl (C=O) groups is 1. The second-order valence-corrected chi connectivity index (χ2v) is 7.89. The zero-order chi connectivity index (χ0) is 21.0. The van der Waals surface area contributed by atoms with Crippen molar-refractivity contribution in [1.29, 1.82) is 0 Å². The highest BCUT2D eigenvalue weighted by atomic mass is 35.5. The van der Waals surface area contributed by atoms with Crippen molar-refractivity contribution in [2.75, 3.05) is 12.4 Å². The van der Waals surface area contributed by atoms with Crippen molar-refractivity contribution in [2.45, 2.75) is 37.2 Å². The third-order valence-electron chi connectivity index (χ3n) is 4.47. The first-order valence-electron chi connectivity index (χ1n) is 9.29. The first-order chi connectivity index (χ1) is 14.0. The zero-order valence-electron chi connectivity index (χ0n) is 16.4. The maximum atomic E-state index is 12.8. The Morgan fingerprint density at radius 3 is 2.69 bits per heavy atom. The minimum Gasteiger partial charge on any atom is -0.495 e. The first kappa shape index (κ1) is 21.2. The number of nitrogens with one attached hydrogen (secondary N) is 1. The van der Waals surface area contributed by atoms with Gasteiger partial charge in [0.05, 0.1) is 28.3 Å². The number of ether oxygens (including phenoxy) is 1. The molecular weight excluding hydrogens is 410 g/mol. The van der Waals surface area contributed by atoms with Crippen molar-refractivity contribution in [3.8, 4) is 5.75 Å². The fraction of sp³-hybridized carbons (Fsp3) is 0.286. The lowest BCUT2D eigenvalue weighted by atomic mass is 10.2. The molecule has 0 aliphatic rings. The highest BCUT2D eigenvalue weighted by molar-refractivity contribution is 8.00. The molecule has 1 amide bonds. The smallest absolute Gasteiger partial charge is 0.262 e. The number of hydrogen-bond donors (Lipinski definition) is 1. The van der Waals surface area contributed by atoms with Gasteiger partial charge in [-0.15, -0.1) is 0 Å². The molecule has 0 saturated carbocycles. The number of anilines is 1. The summed E-state index contributed by atoms with van der Waals surface area (Å²) in [7, 11) is 1.53. The van der Waals surface area contributed by atoms with Gasteiger partial charge in [-0.25, -0.2) is 4.98 Å². The average molecular weight is 432 g/mol. The number of thioether (sulfide) groups is 1. The normalized spacial score (nSPS) is 12.0. The number of rotatable bonds is 7. The van der Waals surface area contributed by atoms with E-state index in [4.69, 9.17) is 16.3 Å². The van der Waals surface area contributed by atoms with Gasteiger partial charge in [-0.2, -0.15) is 0 Å². The van der Waals surface area contributed by atoms with Crippen molar-refractivity contribution in [3.63, 3.8) is 0 Å². The van der Waals surface area contributed by atoms with Crippen molar-refractivity contribution in [3.05, 3.63) is 57.8 Å². The van der Waals surface area contributed by atoms with Crippen LogP contribution in [0.1, 0.15) is 20.3 Å². The van der Waals surface area contributed by atoms with Crippen molar-refractivity contribution >= 4 is 45.9 Å². The van der Waals surface area contributed by atoms with Crippen molar-refractivity contribution < 1.29 is 9.53 Å². The number of halogens is 1. The van der Waals surface area contributed by atoms with E-state index in [0.29, 0.717) is 45.5 Å². The van der Waals surface area contributed by atoms with Crippen LogP contribution in [0.15, 0.2) is 52.4 Å². The van der Waals surface area contributed by atoms with E-state index in [0.717, 1.165) is 0 Å². The topological polar surface area (TPSA) is 73.2 Å². The molecule has 6 nitrogen and oxygen atoms in total. The predicted molar refractivity (Wildman–Crippen MR) is 118 cm³/mol. The molecule has 152 valence electrons. The van der Waals surface area contributed by atoms with Crippen LogP contribution in [0.4, 0.5) is 5.69 Å². The van der Waals surface area contributed by atoms with Gasteiger partial charge < -0.3 is 10.1 Å². The number of amides is 1. The van der Waals surface area contributed by atoms with Gasteiger partial charge in [0.1, 0.15) is 5.75 Å². The highest BCUT2D eigenvalue weighted by Gasteiger charge is 2.22. The van der Waals surface area contributed by atoms with Crippen molar-refractivity contribution in [2.24, 2.45) is 0 Å². The molecule has 1 atom stereocenters. The van der Waals surface area contributed by atoms with Crippen molar-refractivity contribution in [1.82, 2.24) is 9.55 Å². The predicted octanol–water partition coefficient (Wildman–Crippen LogP) is 4.59. The van der Waals surface area contributed by atoms with Crippen LogP contribution in [-0.4, -0.2) is 27.8 Å². The Labute approximate surface area is 178 Å². The molecule has 29 heavy (non-hydrogen) atoms. The fourth-order valence-electron chi connectivity index (χ4n) is 2.93. The molecule has 1 heterocycles. The highest BCUT2D eigenvalue weighted by Crippen LogP contribution is 2.29. The molecular formula is C21H22ClN3O3S. The molecule has 2 aromatic carbocycles. The number of benzene rings is 2. The second kappa shape index (κ2) is 9.33. The van der Waals surface area contributed by atoms with Crippen LogP contribution in [0.2, 0.25) is 5.02 Å². The van der Waals surface area contributed by atoms with Gasteiger partial charge in [0, 0.05) is 12.2 Å². The van der Waals surface area contributed by atoms with Crippen LogP contribution in [-0.2, 0) is 11.3 Å². The zero-order valence-corrected chi connectivity index (χ0v) is 18.0. The van der Waals surface area contributed by atoms with Crippen LogP contribution in [0, 0.1) is 0 Å². The summed E-state index contributed by atoms with van der Waals surface area (Å²) in [6.45, 7) is 4.29. The van der Waals surface area contributed by atoms with E-state index in [-0.39, 0.29) is 11.5 Å². The summed E-state index contributed by atoms with van der Waals surface area (Å²) in [5, 5.41) is 3.99. The van der Waals surface area contributed by atoms with Gasteiger partial charge in [0.2, 0.25) is 5.91 Å². The quantitative estimate of drug-likeness (QED) is 0.437. The maximum Gasteiger partial charge on any atom is 0.262 e. The second-order valence-electron chi connectivity index (χ2n) is 6.31. The largest absolute Gasteiger partial charge is 0.495 e. The molecule has 0 fully saturated rings. The van der Waals surface area contributed by atoms with Gasteiger partial charge in [0.15, 0.2) is 5.16 Å². The van der Waals surface area contributed by atoms with Gasteiger partial charge in [-0.1, -0.05) is 42.4 Å². The molecule has 3 rings (SSSR count). The van der Waals surface area contributed by atoms with E-state index in [2.05, 4.69) is 10.3 Å². The van der Waals surface area contributed by atoms with Crippen LogP contribution in [0.5, 0.6) is 5.75 Å². The van der Waals surface area contributed by atoms with Gasteiger partial charge >= 0.3 is 0 Å². The minimum absolute atomic E-state index is 0.0993. The average Bonchev–Trinajstić information content (AvgIpc) is 2.72. The first-order valence-corrected chi connectivity index (χ1v) is 10.5. The Balaban J connectivity index is 1.86. The Morgan fingerprint density at radius 2 is 2.03 bits per heavy atom. The number of aromatic nitrogens is 2. The van der Waals surface area contributed by atoms with Crippen LogP contribution >= 0.6 is 23.4 Å². The summed E-state index contributed by atoms with van der Waals surface area (Å²) >= 11 is 7.43. The molecule has 8 heteroatoms. The summed E-state index contributed by atoms with van der Waals surface area (Å²) in [5.74, 6) is 0.363. The van der Waals surface area contributed by atoms with E-state index in [1.165, 1.54) is 18.9 Å². The van der Waals surface area contributed by atoms with E-state index in [1.54, 1.807) is 34.9 Å². The minimum atomic E-state index is -0.415. The summed E-state index contributed by atoms with van der Waals surface area (Å²) in [4.78, 5) is 30.3. The monoisotopic (exact) mass is 431 g/mol. The fourth-order valence-corrected chi connectivity index (χ4v) is 4.27. The lowest BCUT2D eigenvalue weighted by molar-refractivity contribution is -0.115. The number of hydrogen-bond acceptors (Lipinski definition) is 5. The lowest BCUT2D eigenvalue weighted by Crippen LogP contribution is -2.28. The summed E-state index contributed by atoms with van der Waals surface area (Å²) < 4.78 is 6.74. The lowest BCUT2D eigenvalue weighted by Gasteiger charge is -2.17.